The van der Waals surface area contributed by atoms with Gasteiger partial charge < -0.3 is 4.52 Å². The molecular weight excluding hydrogens is 370 g/mol. The molecule has 0 fully saturated rings. The van der Waals surface area contributed by atoms with E-state index in [-0.39, 0.29) is 5.92 Å². The van der Waals surface area contributed by atoms with Crippen molar-refractivity contribution in [3.8, 4) is 11.4 Å². The predicted molar refractivity (Wildman–Crippen MR) is 87.9 cm³/mol. The minimum Gasteiger partial charge on any atom is -0.326 e. The lowest BCUT2D eigenvalue weighted by Gasteiger charge is -2.15. The quantitative estimate of drug-likeness (QED) is 0.823. The molecule has 1 unspecified atom stereocenters. The first-order valence-corrected chi connectivity index (χ1v) is 9.21. The van der Waals surface area contributed by atoms with E-state index in [1.54, 1.807) is 13.8 Å². The summed E-state index contributed by atoms with van der Waals surface area (Å²) < 4.78 is 31.0. The second kappa shape index (κ2) is 6.89. The number of nitrogens with one attached hydrogen (secondary N) is 1. The number of nitrogens with zero attached hydrogens (tertiary/aromatic N) is 2. The lowest BCUT2D eigenvalue weighted by atomic mass is 10.00. The average Bonchev–Trinajstić information content (AvgIpc) is 2.91. The number of rotatable bonds is 6. The summed E-state index contributed by atoms with van der Waals surface area (Å²) in [5.74, 6) is 0.575. The molecule has 1 heterocycles. The van der Waals surface area contributed by atoms with Crippen molar-refractivity contribution >= 4 is 26.0 Å². The average molecular weight is 388 g/mol. The van der Waals surface area contributed by atoms with Crippen LogP contribution in [0.2, 0.25) is 0 Å². The van der Waals surface area contributed by atoms with Crippen LogP contribution >= 0.6 is 15.9 Å². The molecule has 0 saturated carbocycles. The SMILES string of the molecule is CC(CNS(=O)(=O)C(C)C)c1ccc(-c2noc(Br)n2)cc1. The van der Waals surface area contributed by atoms with Gasteiger partial charge in [-0.1, -0.05) is 36.3 Å². The summed E-state index contributed by atoms with van der Waals surface area (Å²) >= 11 is 3.11. The van der Waals surface area contributed by atoms with Gasteiger partial charge >= 0.3 is 0 Å². The Bertz CT molecular complexity index is 726. The molecule has 6 nitrogen and oxygen atoms in total. The Morgan fingerprint density at radius 3 is 2.36 bits per heavy atom. The van der Waals surface area contributed by atoms with Gasteiger partial charge in [-0.05, 0) is 25.3 Å². The van der Waals surface area contributed by atoms with E-state index < -0.39 is 15.3 Å². The summed E-state index contributed by atoms with van der Waals surface area (Å²) in [7, 11) is -3.24. The van der Waals surface area contributed by atoms with Crippen molar-refractivity contribution in [2.75, 3.05) is 6.54 Å². The van der Waals surface area contributed by atoms with Gasteiger partial charge in [-0.3, -0.25) is 0 Å². The molecule has 0 amide bonds. The van der Waals surface area contributed by atoms with Gasteiger partial charge in [0.1, 0.15) is 0 Å². The molecule has 0 radical (unpaired) electrons. The third-order valence-electron chi connectivity index (χ3n) is 3.35. The lowest BCUT2D eigenvalue weighted by molar-refractivity contribution is 0.397. The fraction of sp³-hybridized carbons (Fsp3) is 0.429. The summed E-state index contributed by atoms with van der Waals surface area (Å²) in [6.45, 7) is 5.66. The second-order valence-corrected chi connectivity index (χ2v) is 8.34. The molecule has 0 spiro atoms. The Morgan fingerprint density at radius 1 is 1.23 bits per heavy atom. The summed E-state index contributed by atoms with van der Waals surface area (Å²) in [5, 5.41) is 3.39. The van der Waals surface area contributed by atoms with Crippen LogP contribution in [0.4, 0.5) is 0 Å². The van der Waals surface area contributed by atoms with Crippen LogP contribution in [0.5, 0.6) is 0 Å². The van der Waals surface area contributed by atoms with Crippen LogP contribution in [0.25, 0.3) is 11.4 Å². The zero-order chi connectivity index (χ0) is 16.3. The number of hydrogen-bond acceptors (Lipinski definition) is 5. The molecule has 1 aromatic heterocycles. The van der Waals surface area contributed by atoms with E-state index in [0.717, 1.165) is 11.1 Å². The first kappa shape index (κ1) is 17.1. The molecule has 1 atom stereocenters. The Balaban J connectivity index is 2.04. The molecule has 2 rings (SSSR count). The largest absolute Gasteiger partial charge is 0.326 e. The highest BCUT2D eigenvalue weighted by atomic mass is 79.9. The molecule has 1 N–H and O–H groups in total. The van der Waals surface area contributed by atoms with Gasteiger partial charge in [-0.15, -0.1) is 0 Å². The lowest BCUT2D eigenvalue weighted by Crippen LogP contribution is -2.33. The molecule has 22 heavy (non-hydrogen) atoms. The zero-order valence-corrected chi connectivity index (χ0v) is 15.0. The predicted octanol–water partition coefficient (Wildman–Crippen LogP) is 2.93. The van der Waals surface area contributed by atoms with Gasteiger partial charge in [0.2, 0.25) is 15.8 Å². The summed E-state index contributed by atoms with van der Waals surface area (Å²) in [4.78, 5) is 4.43. The van der Waals surface area contributed by atoms with Crippen molar-refractivity contribution in [2.45, 2.75) is 31.9 Å². The topological polar surface area (TPSA) is 85.1 Å². The van der Waals surface area contributed by atoms with Crippen molar-refractivity contribution in [2.24, 2.45) is 0 Å². The fourth-order valence-corrected chi connectivity index (χ4v) is 2.86. The molecule has 0 aliphatic heterocycles. The third kappa shape index (κ3) is 4.15. The van der Waals surface area contributed by atoms with E-state index in [2.05, 4.69) is 30.8 Å². The van der Waals surface area contributed by atoms with Crippen molar-refractivity contribution < 1.29 is 12.9 Å². The minimum absolute atomic E-state index is 0.0691. The van der Waals surface area contributed by atoms with Gasteiger partial charge in [0.15, 0.2) is 0 Å². The molecule has 2 aromatic rings. The molecule has 0 aliphatic rings. The molecular formula is C14H18BrN3O3S. The van der Waals surface area contributed by atoms with E-state index >= 15 is 0 Å². The number of sulfonamides is 1. The standard InChI is InChI=1S/C14H18BrN3O3S/c1-9(2)22(19,20)16-8-10(3)11-4-6-12(7-5-11)13-17-14(15)21-18-13/h4-7,9-10,16H,8H2,1-3H3. The summed E-state index contributed by atoms with van der Waals surface area (Å²) in [6, 6.07) is 7.65. The van der Waals surface area contributed by atoms with Crippen LogP contribution in [0.1, 0.15) is 32.3 Å². The molecule has 120 valence electrons. The smallest absolute Gasteiger partial charge is 0.294 e. The summed E-state index contributed by atoms with van der Waals surface area (Å²) in [5.41, 5.74) is 1.88. The van der Waals surface area contributed by atoms with E-state index in [1.165, 1.54) is 0 Å². The number of benzene rings is 1. The molecule has 1 aromatic carbocycles. The maximum absolute atomic E-state index is 11.8. The van der Waals surface area contributed by atoms with E-state index in [4.69, 9.17) is 4.52 Å². The highest BCUT2D eigenvalue weighted by Crippen LogP contribution is 2.21. The fourth-order valence-electron chi connectivity index (χ4n) is 1.81. The van der Waals surface area contributed by atoms with Crippen molar-refractivity contribution in [3.63, 3.8) is 0 Å². The summed E-state index contributed by atoms with van der Waals surface area (Å²) in [6.07, 6.45) is 0. The Kier molecular flexibility index (Phi) is 5.36. The minimum atomic E-state index is -3.24. The highest BCUT2D eigenvalue weighted by Gasteiger charge is 2.17. The highest BCUT2D eigenvalue weighted by molar-refractivity contribution is 9.10. The molecule has 0 bridgehead atoms. The van der Waals surface area contributed by atoms with Crippen LogP contribution in [0, 0.1) is 0 Å². The number of hydrogen-bond donors (Lipinski definition) is 1. The van der Waals surface area contributed by atoms with Gasteiger partial charge in [0.05, 0.1) is 5.25 Å². The van der Waals surface area contributed by atoms with Gasteiger partial charge in [-0.2, -0.15) is 4.98 Å². The normalized spacial score (nSPS) is 13.5. The maximum Gasteiger partial charge on any atom is 0.294 e. The number of aromatic nitrogens is 2. The van der Waals surface area contributed by atoms with Crippen LogP contribution < -0.4 is 4.72 Å². The van der Waals surface area contributed by atoms with Crippen molar-refractivity contribution in [1.29, 1.82) is 0 Å². The van der Waals surface area contributed by atoms with E-state index in [0.29, 0.717) is 17.2 Å². The van der Waals surface area contributed by atoms with Crippen molar-refractivity contribution in [3.05, 3.63) is 34.6 Å². The first-order valence-electron chi connectivity index (χ1n) is 6.87. The van der Waals surface area contributed by atoms with Gasteiger partial charge in [-0.25, -0.2) is 13.1 Å². The zero-order valence-electron chi connectivity index (χ0n) is 12.6. The van der Waals surface area contributed by atoms with Crippen LogP contribution in [-0.2, 0) is 10.0 Å². The van der Waals surface area contributed by atoms with Crippen LogP contribution in [-0.4, -0.2) is 30.4 Å². The van der Waals surface area contributed by atoms with Gasteiger partial charge in [0.25, 0.3) is 4.80 Å². The molecule has 8 heteroatoms. The monoisotopic (exact) mass is 387 g/mol. The van der Waals surface area contributed by atoms with Crippen LogP contribution in [0.15, 0.2) is 33.6 Å². The second-order valence-electron chi connectivity index (χ2n) is 5.34. The third-order valence-corrected chi connectivity index (χ3v) is 5.48. The first-order chi connectivity index (χ1) is 10.3. The maximum atomic E-state index is 11.8. The van der Waals surface area contributed by atoms with E-state index in [9.17, 15) is 8.42 Å². The molecule has 0 saturated heterocycles. The number of halogens is 1. The Hall–Kier alpha value is -1.25. The Labute approximate surface area is 138 Å². The molecule has 0 aliphatic carbocycles. The van der Waals surface area contributed by atoms with Gasteiger partial charge in [0, 0.05) is 28.0 Å². The van der Waals surface area contributed by atoms with Crippen molar-refractivity contribution in [1.82, 2.24) is 14.9 Å². The Morgan fingerprint density at radius 2 is 1.86 bits per heavy atom. The van der Waals surface area contributed by atoms with Crippen LogP contribution in [0.3, 0.4) is 0 Å². The van der Waals surface area contributed by atoms with E-state index in [1.807, 2.05) is 31.2 Å².